The molecule has 0 bridgehead atoms. The quantitative estimate of drug-likeness (QED) is 0.494. The predicted octanol–water partition coefficient (Wildman–Crippen LogP) is 1.91. The van der Waals surface area contributed by atoms with Gasteiger partial charge in [-0.2, -0.15) is 0 Å². The third kappa shape index (κ3) is 4.60. The fourth-order valence-corrected chi connectivity index (χ4v) is 2.54. The van der Waals surface area contributed by atoms with Gasteiger partial charge in [0.1, 0.15) is 0 Å². The summed E-state index contributed by atoms with van der Waals surface area (Å²) in [6.07, 6.45) is 1.12. The largest absolute Gasteiger partial charge is 0.370 e. The minimum absolute atomic E-state index is 0.392. The predicted molar refractivity (Wildman–Crippen MR) is 89.3 cm³/mol. The molecule has 1 aromatic carbocycles. The van der Waals surface area contributed by atoms with E-state index >= 15 is 0 Å². The average molecular weight is 286 g/mol. The molecule has 0 saturated heterocycles. The van der Waals surface area contributed by atoms with Crippen molar-refractivity contribution >= 4 is 5.96 Å². The number of nitrogens with two attached hydrogens (primary N) is 1. The van der Waals surface area contributed by atoms with Gasteiger partial charge in [-0.15, -0.1) is 0 Å². The second kappa shape index (κ2) is 7.27. The summed E-state index contributed by atoms with van der Waals surface area (Å²) >= 11 is 0. The van der Waals surface area contributed by atoms with E-state index in [9.17, 15) is 0 Å². The van der Waals surface area contributed by atoms with Crippen LogP contribution >= 0.6 is 0 Å². The number of guanidine groups is 1. The zero-order chi connectivity index (χ0) is 15.2. The Kier molecular flexibility index (Phi) is 5.39. The van der Waals surface area contributed by atoms with Gasteiger partial charge in [-0.25, -0.2) is 0 Å². The van der Waals surface area contributed by atoms with E-state index in [1.807, 2.05) is 6.92 Å². The Morgan fingerprint density at radius 1 is 1.43 bits per heavy atom. The highest BCUT2D eigenvalue weighted by molar-refractivity contribution is 5.78. The summed E-state index contributed by atoms with van der Waals surface area (Å²) in [7, 11) is 0. The molecule has 0 fully saturated rings. The zero-order valence-electron chi connectivity index (χ0n) is 13.1. The summed E-state index contributed by atoms with van der Waals surface area (Å²) in [5.74, 6) is 0.502. The third-order valence-corrected chi connectivity index (χ3v) is 3.88. The highest BCUT2D eigenvalue weighted by atomic mass is 15.2. The SMILES string of the molecule is C=C(C)CNC(N)=NCC(C)N1CCc2ccccc2C1. The molecule has 1 heterocycles. The molecule has 0 spiro atoms. The van der Waals surface area contributed by atoms with E-state index in [0.29, 0.717) is 18.5 Å². The average Bonchev–Trinajstić information content (AvgIpc) is 2.50. The number of hydrogen-bond donors (Lipinski definition) is 2. The van der Waals surface area contributed by atoms with Gasteiger partial charge in [-0.1, -0.05) is 36.4 Å². The lowest BCUT2D eigenvalue weighted by atomic mass is 9.99. The lowest BCUT2D eigenvalue weighted by Crippen LogP contribution is -2.40. The van der Waals surface area contributed by atoms with Crippen LogP contribution in [0, 0.1) is 0 Å². The summed E-state index contributed by atoms with van der Waals surface area (Å²) in [6, 6.07) is 9.08. The molecule has 0 aromatic heterocycles. The van der Waals surface area contributed by atoms with Crippen LogP contribution in [0.1, 0.15) is 25.0 Å². The van der Waals surface area contributed by atoms with Crippen molar-refractivity contribution in [3.8, 4) is 0 Å². The molecule has 4 nitrogen and oxygen atoms in total. The first kappa shape index (κ1) is 15.6. The van der Waals surface area contributed by atoms with Crippen molar-refractivity contribution in [1.82, 2.24) is 10.2 Å². The molecule has 21 heavy (non-hydrogen) atoms. The van der Waals surface area contributed by atoms with E-state index in [1.165, 1.54) is 11.1 Å². The highest BCUT2D eigenvalue weighted by Crippen LogP contribution is 2.20. The Balaban J connectivity index is 1.86. The molecule has 1 aromatic rings. The van der Waals surface area contributed by atoms with Crippen molar-refractivity contribution in [2.24, 2.45) is 10.7 Å². The van der Waals surface area contributed by atoms with Gasteiger partial charge in [-0.3, -0.25) is 9.89 Å². The van der Waals surface area contributed by atoms with Crippen molar-refractivity contribution in [3.63, 3.8) is 0 Å². The van der Waals surface area contributed by atoms with Crippen molar-refractivity contribution in [3.05, 3.63) is 47.5 Å². The molecular formula is C17H26N4. The second-order valence-corrected chi connectivity index (χ2v) is 5.87. The monoisotopic (exact) mass is 286 g/mol. The van der Waals surface area contributed by atoms with Crippen molar-refractivity contribution in [1.29, 1.82) is 0 Å². The summed E-state index contributed by atoms with van der Waals surface area (Å²) in [5, 5.41) is 3.07. The number of nitrogens with one attached hydrogen (secondary N) is 1. The summed E-state index contributed by atoms with van der Waals surface area (Å²) in [4.78, 5) is 6.90. The fraction of sp³-hybridized carbons (Fsp3) is 0.471. The second-order valence-electron chi connectivity index (χ2n) is 5.87. The molecule has 0 aliphatic carbocycles. The minimum Gasteiger partial charge on any atom is -0.370 e. The van der Waals surface area contributed by atoms with E-state index < -0.39 is 0 Å². The van der Waals surface area contributed by atoms with Crippen LogP contribution in [0.25, 0.3) is 0 Å². The van der Waals surface area contributed by atoms with Crippen LogP contribution in [-0.4, -0.2) is 36.5 Å². The van der Waals surface area contributed by atoms with Gasteiger partial charge in [0.15, 0.2) is 5.96 Å². The van der Waals surface area contributed by atoms with Crippen molar-refractivity contribution < 1.29 is 0 Å². The van der Waals surface area contributed by atoms with E-state index in [4.69, 9.17) is 5.73 Å². The molecular weight excluding hydrogens is 260 g/mol. The van der Waals surface area contributed by atoms with Gasteiger partial charge in [0.2, 0.25) is 0 Å². The minimum atomic E-state index is 0.392. The molecule has 0 saturated carbocycles. The van der Waals surface area contributed by atoms with E-state index in [-0.39, 0.29) is 0 Å². The van der Waals surface area contributed by atoms with E-state index in [1.54, 1.807) is 0 Å². The first-order valence-corrected chi connectivity index (χ1v) is 7.55. The Labute approximate surface area is 127 Å². The topological polar surface area (TPSA) is 53.6 Å². The van der Waals surface area contributed by atoms with Crippen LogP contribution in [0.15, 0.2) is 41.4 Å². The van der Waals surface area contributed by atoms with Gasteiger partial charge < -0.3 is 11.1 Å². The molecule has 4 heteroatoms. The first-order chi connectivity index (χ1) is 10.1. The van der Waals surface area contributed by atoms with Gasteiger partial charge in [0.05, 0.1) is 6.54 Å². The maximum Gasteiger partial charge on any atom is 0.188 e. The number of nitrogens with zero attached hydrogens (tertiary/aromatic N) is 2. The molecule has 0 radical (unpaired) electrons. The molecule has 1 aliphatic heterocycles. The molecule has 2 rings (SSSR count). The van der Waals surface area contributed by atoms with E-state index in [2.05, 4.69) is 53.0 Å². The lowest BCUT2D eigenvalue weighted by molar-refractivity contribution is 0.195. The van der Waals surface area contributed by atoms with Crippen LogP contribution in [-0.2, 0) is 13.0 Å². The van der Waals surface area contributed by atoms with Crippen molar-refractivity contribution in [2.45, 2.75) is 32.9 Å². The van der Waals surface area contributed by atoms with Crippen LogP contribution < -0.4 is 11.1 Å². The number of aliphatic imine (C=N–C) groups is 1. The van der Waals surface area contributed by atoms with Crippen LogP contribution in [0.2, 0.25) is 0 Å². The maximum absolute atomic E-state index is 5.86. The first-order valence-electron chi connectivity index (χ1n) is 7.55. The molecule has 114 valence electrons. The smallest absolute Gasteiger partial charge is 0.188 e. The maximum atomic E-state index is 5.86. The van der Waals surface area contributed by atoms with Gasteiger partial charge in [-0.05, 0) is 31.4 Å². The van der Waals surface area contributed by atoms with Crippen LogP contribution in [0.4, 0.5) is 0 Å². The Hall–Kier alpha value is -1.81. The Bertz CT molecular complexity index is 521. The normalized spacial score (nSPS) is 17.1. The third-order valence-electron chi connectivity index (χ3n) is 3.88. The van der Waals surface area contributed by atoms with Crippen molar-refractivity contribution in [2.75, 3.05) is 19.6 Å². The number of fused-ring (bicyclic) bond motifs is 1. The van der Waals surface area contributed by atoms with Crippen LogP contribution in [0.5, 0.6) is 0 Å². The number of benzene rings is 1. The number of hydrogen-bond acceptors (Lipinski definition) is 2. The number of rotatable bonds is 5. The lowest BCUT2D eigenvalue weighted by Gasteiger charge is -2.33. The van der Waals surface area contributed by atoms with E-state index in [0.717, 1.165) is 31.6 Å². The Morgan fingerprint density at radius 2 is 2.14 bits per heavy atom. The van der Waals surface area contributed by atoms with Gasteiger partial charge in [0.25, 0.3) is 0 Å². The highest BCUT2D eigenvalue weighted by Gasteiger charge is 2.19. The van der Waals surface area contributed by atoms with Gasteiger partial charge in [0, 0.05) is 25.7 Å². The molecule has 1 atom stereocenters. The van der Waals surface area contributed by atoms with Gasteiger partial charge >= 0.3 is 0 Å². The molecule has 3 N–H and O–H groups in total. The summed E-state index contributed by atoms with van der Waals surface area (Å²) < 4.78 is 0. The fourth-order valence-electron chi connectivity index (χ4n) is 2.54. The zero-order valence-corrected chi connectivity index (χ0v) is 13.1. The van der Waals surface area contributed by atoms with Crippen LogP contribution in [0.3, 0.4) is 0 Å². The Morgan fingerprint density at radius 3 is 2.86 bits per heavy atom. The summed E-state index contributed by atoms with van der Waals surface area (Å²) in [5.41, 5.74) is 9.82. The standard InChI is InChI=1S/C17H26N4/c1-13(2)10-19-17(18)20-11-14(3)21-9-8-15-6-4-5-7-16(15)12-21/h4-7,14H,1,8-12H2,2-3H3,(H3,18,19,20). The summed E-state index contributed by atoms with van der Waals surface area (Å²) in [6.45, 7) is 11.5. The molecule has 1 aliphatic rings. The molecule has 0 amide bonds. The molecule has 1 unspecified atom stereocenters.